The Morgan fingerprint density at radius 3 is 1.05 bits per heavy atom. The second-order valence-electron chi connectivity index (χ2n) is 17.8. The summed E-state index contributed by atoms with van der Waals surface area (Å²) in [7, 11) is -9.76. The second-order valence-corrected chi connectivity index (χ2v) is 20.6. The van der Waals surface area contributed by atoms with Crippen LogP contribution in [0.1, 0.15) is 52.6 Å². The molecular formula is C50H38N16O16S2. The maximum atomic E-state index is 12.5. The monoisotopic (exact) mass is 1180 g/mol. The molecule has 0 aliphatic heterocycles. The number of fused-ring (bicyclic) bond motifs is 2. The molecule has 0 spiro atoms. The molecule has 0 bridgehead atoms. The van der Waals surface area contributed by atoms with E-state index in [0.29, 0.717) is 11.4 Å². The summed E-state index contributed by atoms with van der Waals surface area (Å²) >= 11 is 0. The molecule has 0 aliphatic rings. The normalized spacial score (nSPS) is 11.8. The summed E-state index contributed by atoms with van der Waals surface area (Å²) in [5.74, 6) is -8.61. The second kappa shape index (κ2) is 22.1. The lowest BCUT2D eigenvalue weighted by Gasteiger charge is -2.15. The number of hydrogen-bond donors (Lipinski definition) is 14. The Hall–Kier alpha value is -11.6. The number of anilines is 10. The number of aromatic nitrogens is 6. The Kier molecular flexibility index (Phi) is 15.0. The van der Waals surface area contributed by atoms with E-state index in [1.54, 1.807) is 24.3 Å². The van der Waals surface area contributed by atoms with E-state index >= 15 is 0 Å². The molecule has 84 heavy (non-hydrogen) atoms. The predicted octanol–water partition coefficient (Wildman–Crippen LogP) is 8.65. The van der Waals surface area contributed by atoms with Crippen LogP contribution in [0.5, 0.6) is 11.5 Å². The van der Waals surface area contributed by atoms with Gasteiger partial charge in [0, 0.05) is 22.1 Å². The van der Waals surface area contributed by atoms with Gasteiger partial charge in [-0.3, -0.25) is 9.11 Å². The highest BCUT2D eigenvalue weighted by Gasteiger charge is 2.24. The Morgan fingerprint density at radius 2 is 0.750 bits per heavy atom. The van der Waals surface area contributed by atoms with Crippen molar-refractivity contribution >= 4 is 147 Å². The van der Waals surface area contributed by atoms with E-state index in [2.05, 4.69) is 71.6 Å². The molecule has 0 radical (unpaired) electrons. The molecule has 0 amide bonds. The molecule has 9 aromatic rings. The van der Waals surface area contributed by atoms with Gasteiger partial charge >= 0.3 is 23.9 Å². The molecule has 0 saturated heterocycles. The van der Waals surface area contributed by atoms with Crippen LogP contribution < -0.4 is 32.7 Å². The van der Waals surface area contributed by atoms with E-state index in [1.807, 2.05) is 0 Å². The number of phenolic OH excluding ortho intramolecular Hbond substituents is 2. The zero-order valence-corrected chi connectivity index (χ0v) is 44.2. The highest BCUT2D eigenvalue weighted by Crippen LogP contribution is 2.46. The minimum atomic E-state index is -4.88. The molecule has 16 N–H and O–H groups in total. The van der Waals surface area contributed by atoms with Crippen molar-refractivity contribution in [2.75, 3.05) is 32.7 Å². The molecule has 426 valence electrons. The number of carboxylic acid groups (broad SMARTS) is 4. The van der Waals surface area contributed by atoms with Crippen molar-refractivity contribution in [3.05, 3.63) is 130 Å². The van der Waals surface area contributed by atoms with Crippen LogP contribution in [0.15, 0.2) is 127 Å². The number of rotatable bonds is 18. The van der Waals surface area contributed by atoms with Crippen molar-refractivity contribution in [1.29, 1.82) is 0 Å². The van der Waals surface area contributed by atoms with E-state index in [1.165, 1.54) is 26.0 Å². The van der Waals surface area contributed by atoms with Crippen LogP contribution in [-0.2, 0) is 20.2 Å². The number of hydrogen-bond acceptors (Lipinski definition) is 26. The number of phenols is 2. The number of aryl methyl sites for hydroxylation is 2. The number of carbonyl (C=O) groups is 4. The molecule has 2 aromatic heterocycles. The molecule has 32 nitrogen and oxygen atoms in total. The molecule has 2 heterocycles. The predicted molar refractivity (Wildman–Crippen MR) is 297 cm³/mol. The number of aromatic carboxylic acids is 4. The first-order valence-corrected chi connectivity index (χ1v) is 26.3. The van der Waals surface area contributed by atoms with Crippen molar-refractivity contribution in [3.63, 3.8) is 0 Å². The van der Waals surface area contributed by atoms with Crippen LogP contribution in [0, 0.1) is 13.8 Å². The molecule has 9 rings (SSSR count). The smallest absolute Gasteiger partial charge is 0.335 e. The third-order valence-corrected chi connectivity index (χ3v) is 13.5. The summed E-state index contributed by atoms with van der Waals surface area (Å²) in [6.07, 6.45) is 0. The van der Waals surface area contributed by atoms with Gasteiger partial charge in [0.05, 0.1) is 54.8 Å². The van der Waals surface area contributed by atoms with Gasteiger partial charge < -0.3 is 63.4 Å². The van der Waals surface area contributed by atoms with E-state index in [-0.39, 0.29) is 102 Å². The van der Waals surface area contributed by atoms with Gasteiger partial charge in [0.15, 0.2) is 11.5 Å². The van der Waals surface area contributed by atoms with Crippen molar-refractivity contribution in [1.82, 2.24) is 29.9 Å². The largest absolute Gasteiger partial charge is 0.505 e. The van der Waals surface area contributed by atoms with Crippen LogP contribution >= 0.6 is 0 Å². The first kappa shape index (κ1) is 57.1. The molecule has 0 fully saturated rings. The summed E-state index contributed by atoms with van der Waals surface area (Å²) in [6, 6.07) is 19.0. The van der Waals surface area contributed by atoms with Crippen LogP contribution in [0.4, 0.5) is 81.2 Å². The summed E-state index contributed by atoms with van der Waals surface area (Å²) in [4.78, 5) is 70.5. The van der Waals surface area contributed by atoms with Gasteiger partial charge in [-0.2, -0.15) is 57.0 Å². The maximum Gasteiger partial charge on any atom is 0.335 e. The number of nitrogens with one attached hydrogen (secondary N) is 4. The number of carboxylic acids is 4. The van der Waals surface area contributed by atoms with Crippen LogP contribution in [0.25, 0.3) is 21.5 Å². The third kappa shape index (κ3) is 12.5. The minimum absolute atomic E-state index is 0.0558. The standard InChI is InChI=1S/C50H38N16O16S2/c1-19-7-21-15-31(83(77,78)79)17-33(35(21)39(67)37(19)65-63-29-11-23(41(69)70)9-24(12-29)42(71)72)55-49-59-45(51)57-47(61-49)53-27-3-5-28(6-4-27)54-48-58-46(52)60-50(62-48)56-34-18-32(84(80,81)82)16-22-8-20(2)38(40(68)36(22)34)66-64-30-13-25(43(73)74)10-26(14-30)44(75)76/h3-18,67-68H,1-2H3,(H,69,70)(H,71,72)(H,73,74)(H,75,76)(H,77,78,79)(H,80,81,82)(H4,51,53,55,57,59,61)(H4,52,54,56,58,60,62). The summed E-state index contributed by atoms with van der Waals surface area (Å²) in [5.41, 5.74) is 10.4. The van der Waals surface area contributed by atoms with Gasteiger partial charge in [-0.15, -0.1) is 10.2 Å². The van der Waals surface area contributed by atoms with E-state index in [0.717, 1.165) is 60.7 Å². The fraction of sp³-hybridized carbons (Fsp3) is 0.0400. The van der Waals surface area contributed by atoms with Gasteiger partial charge in [0.2, 0.25) is 35.7 Å². The zero-order chi connectivity index (χ0) is 60.7. The molecule has 0 atom stereocenters. The minimum Gasteiger partial charge on any atom is -0.505 e. The number of benzene rings is 7. The van der Waals surface area contributed by atoms with Crippen LogP contribution in [0.2, 0.25) is 0 Å². The fourth-order valence-corrected chi connectivity index (χ4v) is 9.27. The Bertz CT molecular complexity index is 4250. The van der Waals surface area contributed by atoms with E-state index < -0.39 is 87.7 Å². The molecule has 0 unspecified atom stereocenters. The average molecular weight is 1180 g/mol. The number of aromatic hydroxyl groups is 2. The SMILES string of the molecule is Cc1cc2cc(S(=O)(=O)O)cc(Nc3nc(N)nc(Nc4ccc(Nc5nc(N)nc(Nc6cc(S(=O)(=O)O)cc7cc(C)c(N=Nc8cc(C(=O)O)cc(C(=O)O)c8)c(O)c67)n5)cc4)n3)c2c(O)c1N=Nc1cc(C(=O)O)cc(C(=O)O)c1. The van der Waals surface area contributed by atoms with Gasteiger partial charge in [0.1, 0.15) is 11.4 Å². The first-order valence-electron chi connectivity index (χ1n) is 23.4. The topological polar surface area (TPSA) is 525 Å². The number of nitrogen functional groups attached to an aromatic ring is 2. The highest BCUT2D eigenvalue weighted by molar-refractivity contribution is 7.86. The van der Waals surface area contributed by atoms with E-state index in [9.17, 15) is 75.8 Å². The number of nitrogens with two attached hydrogens (primary N) is 2. The summed E-state index contributed by atoms with van der Waals surface area (Å²) in [6.45, 7) is 2.96. The van der Waals surface area contributed by atoms with Crippen molar-refractivity contribution in [2.24, 2.45) is 20.5 Å². The highest BCUT2D eigenvalue weighted by atomic mass is 32.2. The van der Waals surface area contributed by atoms with Gasteiger partial charge in [0.25, 0.3) is 20.2 Å². The van der Waals surface area contributed by atoms with Crippen molar-refractivity contribution in [3.8, 4) is 11.5 Å². The molecule has 0 aliphatic carbocycles. The lowest BCUT2D eigenvalue weighted by Crippen LogP contribution is -2.08. The van der Waals surface area contributed by atoms with Gasteiger partial charge in [-0.25, -0.2) is 19.2 Å². The Labute approximate surface area is 469 Å². The third-order valence-electron chi connectivity index (χ3n) is 11.8. The van der Waals surface area contributed by atoms with Gasteiger partial charge in [-0.1, -0.05) is 0 Å². The van der Waals surface area contributed by atoms with Crippen molar-refractivity contribution in [2.45, 2.75) is 23.6 Å². The summed E-state index contributed by atoms with van der Waals surface area (Å²) in [5, 5.41) is 88.7. The number of azo groups is 2. The summed E-state index contributed by atoms with van der Waals surface area (Å²) < 4.78 is 69.9. The Balaban J connectivity index is 0.972. The van der Waals surface area contributed by atoms with E-state index in [4.69, 9.17) is 11.5 Å². The lowest BCUT2D eigenvalue weighted by atomic mass is 10.0. The lowest BCUT2D eigenvalue weighted by molar-refractivity contribution is 0.0676. The Morgan fingerprint density at radius 1 is 0.440 bits per heavy atom. The number of nitrogens with zero attached hydrogens (tertiary/aromatic N) is 10. The first-order chi connectivity index (χ1) is 39.6. The van der Waals surface area contributed by atoms with Crippen LogP contribution in [-0.4, -0.2) is 110 Å². The fourth-order valence-electron chi connectivity index (χ4n) is 8.18. The van der Waals surface area contributed by atoms with Crippen molar-refractivity contribution < 1.29 is 75.8 Å². The molecular weight excluding hydrogens is 1140 g/mol. The van der Waals surface area contributed by atoms with Gasteiger partial charge in [-0.05, 0) is 133 Å². The molecule has 34 heteroatoms. The molecule has 7 aromatic carbocycles. The van der Waals surface area contributed by atoms with Crippen LogP contribution in [0.3, 0.4) is 0 Å². The molecule has 0 saturated carbocycles. The quantitative estimate of drug-likeness (QED) is 0.0282. The average Bonchev–Trinajstić information content (AvgIpc) is 2.03. The zero-order valence-electron chi connectivity index (χ0n) is 42.5. The maximum absolute atomic E-state index is 12.5.